The van der Waals surface area contributed by atoms with Crippen molar-refractivity contribution in [2.75, 3.05) is 26.9 Å². The van der Waals surface area contributed by atoms with Crippen molar-refractivity contribution in [3.05, 3.63) is 29.3 Å². The number of rotatable bonds is 2. The van der Waals surface area contributed by atoms with E-state index in [1.165, 1.54) is 0 Å². The third-order valence-corrected chi connectivity index (χ3v) is 4.32. The Balaban J connectivity index is 1.69. The van der Waals surface area contributed by atoms with Gasteiger partial charge in [0.1, 0.15) is 18.4 Å². The van der Waals surface area contributed by atoms with E-state index in [1.54, 1.807) is 12.0 Å². The third-order valence-electron chi connectivity index (χ3n) is 4.32. The Labute approximate surface area is 133 Å². The van der Waals surface area contributed by atoms with E-state index in [4.69, 9.17) is 9.47 Å². The molecule has 0 bridgehead atoms. The highest BCUT2D eigenvalue weighted by Crippen LogP contribution is 2.26. The number of carbonyl (C=O) groups is 1. The van der Waals surface area contributed by atoms with Crippen LogP contribution in [-0.4, -0.2) is 49.8 Å². The van der Waals surface area contributed by atoms with E-state index in [2.05, 4.69) is 5.32 Å². The van der Waals surface area contributed by atoms with Gasteiger partial charge in [-0.05, 0) is 36.1 Å². The quantitative estimate of drug-likeness (QED) is 0.906. The number of alkyl halides is 2. The summed E-state index contributed by atoms with van der Waals surface area (Å²) in [5, 5.41) is 2.41. The second-order valence-electron chi connectivity index (χ2n) is 5.94. The molecule has 0 saturated carbocycles. The van der Waals surface area contributed by atoms with Gasteiger partial charge in [0.15, 0.2) is 0 Å². The average molecular weight is 326 g/mol. The Morgan fingerprint density at radius 3 is 2.96 bits per heavy atom. The van der Waals surface area contributed by atoms with Gasteiger partial charge < -0.3 is 19.7 Å². The molecule has 0 spiro atoms. The summed E-state index contributed by atoms with van der Waals surface area (Å²) >= 11 is 0. The molecule has 1 aromatic rings. The van der Waals surface area contributed by atoms with E-state index >= 15 is 0 Å². The van der Waals surface area contributed by atoms with Crippen molar-refractivity contribution in [1.82, 2.24) is 10.2 Å². The zero-order chi connectivity index (χ0) is 16.4. The minimum atomic E-state index is -3.01. The first kappa shape index (κ1) is 16.0. The maximum absolute atomic E-state index is 13.6. The van der Waals surface area contributed by atoms with Gasteiger partial charge in [-0.1, -0.05) is 6.07 Å². The summed E-state index contributed by atoms with van der Waals surface area (Å²) in [4.78, 5) is 13.9. The molecule has 0 aromatic heterocycles. The topological polar surface area (TPSA) is 50.8 Å². The predicted molar refractivity (Wildman–Crippen MR) is 79.8 cm³/mol. The first-order valence-electron chi connectivity index (χ1n) is 7.66. The summed E-state index contributed by atoms with van der Waals surface area (Å²) in [5.41, 5.74) is 2.15. The molecule has 126 valence electrons. The molecule has 3 rings (SSSR count). The second-order valence-corrected chi connectivity index (χ2v) is 5.94. The van der Waals surface area contributed by atoms with Crippen molar-refractivity contribution >= 4 is 6.03 Å². The summed E-state index contributed by atoms with van der Waals surface area (Å²) in [6, 6.07) is 4.01. The van der Waals surface area contributed by atoms with Gasteiger partial charge in [-0.3, -0.25) is 0 Å². The molecule has 0 aliphatic carbocycles. The summed E-state index contributed by atoms with van der Waals surface area (Å²) in [7, 11) is 1.61. The monoisotopic (exact) mass is 326 g/mol. The molecule has 23 heavy (non-hydrogen) atoms. The van der Waals surface area contributed by atoms with Gasteiger partial charge in [-0.2, -0.15) is 0 Å². The largest absolute Gasteiger partial charge is 0.497 e. The fourth-order valence-corrected chi connectivity index (χ4v) is 2.96. The lowest BCUT2D eigenvalue weighted by molar-refractivity contribution is -0.0223. The van der Waals surface area contributed by atoms with Crippen molar-refractivity contribution in [2.45, 2.75) is 31.4 Å². The highest BCUT2D eigenvalue weighted by molar-refractivity contribution is 5.75. The van der Waals surface area contributed by atoms with Crippen molar-refractivity contribution in [3.63, 3.8) is 0 Å². The molecule has 2 aliphatic rings. The van der Waals surface area contributed by atoms with Crippen LogP contribution in [0.4, 0.5) is 13.6 Å². The lowest BCUT2D eigenvalue weighted by Gasteiger charge is -2.25. The van der Waals surface area contributed by atoms with Gasteiger partial charge in [0.05, 0.1) is 13.7 Å². The Kier molecular flexibility index (Phi) is 4.39. The van der Waals surface area contributed by atoms with Crippen molar-refractivity contribution in [2.24, 2.45) is 0 Å². The van der Waals surface area contributed by atoms with Crippen LogP contribution in [-0.2, 0) is 17.7 Å². The van der Waals surface area contributed by atoms with Crippen LogP contribution >= 0.6 is 0 Å². The van der Waals surface area contributed by atoms with Crippen LogP contribution in [0.25, 0.3) is 0 Å². The van der Waals surface area contributed by atoms with E-state index in [0.29, 0.717) is 13.1 Å². The predicted octanol–water partition coefficient (Wildman–Crippen LogP) is 2.19. The van der Waals surface area contributed by atoms with Gasteiger partial charge in [0.25, 0.3) is 5.92 Å². The number of halogens is 2. The fraction of sp³-hybridized carbons (Fsp3) is 0.562. The van der Waals surface area contributed by atoms with Crippen LogP contribution in [0.2, 0.25) is 0 Å². The molecule has 1 N–H and O–H groups in total. The van der Waals surface area contributed by atoms with Crippen LogP contribution < -0.4 is 10.1 Å². The molecular weight excluding hydrogens is 306 g/mol. The molecule has 2 aliphatic heterocycles. The minimum Gasteiger partial charge on any atom is -0.497 e. The maximum Gasteiger partial charge on any atom is 0.318 e. The number of aryl methyl sites for hydroxylation is 1. The van der Waals surface area contributed by atoms with Gasteiger partial charge in [-0.25, -0.2) is 13.6 Å². The highest BCUT2D eigenvalue weighted by Gasteiger charge is 2.46. The fourth-order valence-electron chi connectivity index (χ4n) is 2.96. The number of ether oxygens (including phenoxy) is 2. The molecule has 2 heterocycles. The molecule has 1 aromatic carbocycles. The molecule has 1 unspecified atom stereocenters. The molecule has 1 saturated heterocycles. The van der Waals surface area contributed by atoms with Crippen molar-refractivity contribution in [1.29, 1.82) is 0 Å². The maximum atomic E-state index is 13.6. The van der Waals surface area contributed by atoms with E-state index < -0.39 is 24.6 Å². The standard InChI is InChI=1S/C16H20F2N2O3/c1-22-13-5-4-12-8-20(6-2-3-11(12)7-13)15(21)19-14-9-23-10-16(14,17)18/h4-5,7,14H,2-3,6,8-10H2,1H3,(H,19,21). The smallest absolute Gasteiger partial charge is 0.318 e. The lowest BCUT2D eigenvalue weighted by atomic mass is 10.0. The van der Waals surface area contributed by atoms with Crippen LogP contribution in [0.1, 0.15) is 17.5 Å². The van der Waals surface area contributed by atoms with Crippen molar-refractivity contribution in [3.8, 4) is 5.75 Å². The zero-order valence-corrected chi connectivity index (χ0v) is 13.0. The number of carbonyl (C=O) groups excluding carboxylic acids is 1. The van der Waals surface area contributed by atoms with Gasteiger partial charge in [-0.15, -0.1) is 0 Å². The number of benzene rings is 1. The number of fused-ring (bicyclic) bond motifs is 1. The molecule has 1 fully saturated rings. The second kappa shape index (κ2) is 6.31. The van der Waals surface area contributed by atoms with Crippen LogP contribution in [0.15, 0.2) is 18.2 Å². The molecule has 5 nitrogen and oxygen atoms in total. The minimum absolute atomic E-state index is 0.152. The number of hydrogen-bond donors (Lipinski definition) is 1. The number of urea groups is 1. The Morgan fingerprint density at radius 1 is 1.43 bits per heavy atom. The summed E-state index contributed by atoms with van der Waals surface area (Å²) in [6.45, 7) is 0.146. The summed E-state index contributed by atoms with van der Waals surface area (Å²) in [6.07, 6.45) is 1.62. The first-order valence-corrected chi connectivity index (χ1v) is 7.66. The van der Waals surface area contributed by atoms with E-state index in [0.717, 1.165) is 29.7 Å². The number of methoxy groups -OCH3 is 1. The number of amides is 2. The zero-order valence-electron chi connectivity index (χ0n) is 13.0. The lowest BCUT2D eigenvalue weighted by Crippen LogP contribution is -2.51. The molecular formula is C16H20F2N2O3. The molecule has 7 heteroatoms. The molecule has 1 atom stereocenters. The van der Waals surface area contributed by atoms with Crippen LogP contribution in [0, 0.1) is 0 Å². The third kappa shape index (κ3) is 3.39. The molecule has 0 radical (unpaired) electrons. The average Bonchev–Trinajstić information content (AvgIpc) is 2.74. The Hall–Kier alpha value is -1.89. The van der Waals surface area contributed by atoms with Crippen LogP contribution in [0.3, 0.4) is 0 Å². The van der Waals surface area contributed by atoms with Gasteiger partial charge in [0, 0.05) is 13.1 Å². The Morgan fingerprint density at radius 2 is 2.26 bits per heavy atom. The number of hydrogen-bond acceptors (Lipinski definition) is 3. The Bertz CT molecular complexity index is 595. The van der Waals surface area contributed by atoms with Crippen LogP contribution in [0.5, 0.6) is 5.75 Å². The summed E-state index contributed by atoms with van der Waals surface area (Å²) < 4.78 is 37.1. The first-order chi connectivity index (χ1) is 11.0. The highest BCUT2D eigenvalue weighted by atomic mass is 19.3. The van der Waals surface area contributed by atoms with E-state index in [9.17, 15) is 13.6 Å². The van der Waals surface area contributed by atoms with E-state index in [-0.39, 0.29) is 6.61 Å². The normalized spacial score (nSPS) is 23.1. The van der Waals surface area contributed by atoms with Gasteiger partial charge >= 0.3 is 6.03 Å². The molecule has 2 amide bonds. The summed E-state index contributed by atoms with van der Waals surface area (Å²) in [5.74, 6) is -2.23. The van der Waals surface area contributed by atoms with E-state index in [1.807, 2.05) is 18.2 Å². The van der Waals surface area contributed by atoms with Crippen molar-refractivity contribution < 1.29 is 23.0 Å². The SMILES string of the molecule is COc1ccc2c(c1)CCCN(C(=O)NC1COCC1(F)F)C2. The number of nitrogens with zero attached hydrogens (tertiary/aromatic N) is 1. The number of nitrogens with one attached hydrogen (secondary N) is 1. The van der Waals surface area contributed by atoms with Gasteiger partial charge in [0.2, 0.25) is 0 Å².